The van der Waals surface area contributed by atoms with Crippen molar-refractivity contribution in [3.63, 3.8) is 0 Å². The smallest absolute Gasteiger partial charge is 0.148 e. The molecule has 17 heavy (non-hydrogen) atoms. The number of unbranched alkanes of at least 4 members (excludes halogenated alkanes) is 3. The molecule has 0 bridgehead atoms. The van der Waals surface area contributed by atoms with Crippen LogP contribution in [0.1, 0.15) is 44.6 Å². The summed E-state index contributed by atoms with van der Waals surface area (Å²) in [6.07, 6.45) is 6.25. The third-order valence-electron chi connectivity index (χ3n) is 2.80. The van der Waals surface area contributed by atoms with Crippen LogP contribution in [0.3, 0.4) is 0 Å². The first-order valence-electron chi connectivity index (χ1n) is 6.47. The third-order valence-corrected chi connectivity index (χ3v) is 2.80. The lowest BCUT2D eigenvalue weighted by Crippen LogP contribution is -2.14. The van der Waals surface area contributed by atoms with Crippen molar-refractivity contribution in [1.82, 2.24) is 0 Å². The van der Waals surface area contributed by atoms with Gasteiger partial charge in [0, 0.05) is 0 Å². The molecule has 0 aliphatic carbocycles. The summed E-state index contributed by atoms with van der Waals surface area (Å²) in [6.45, 7) is 2.71. The second-order valence-electron chi connectivity index (χ2n) is 4.32. The number of aldehydes is 1. The summed E-state index contributed by atoms with van der Waals surface area (Å²) in [7, 11) is 0. The highest BCUT2D eigenvalue weighted by molar-refractivity contribution is 5.55. The summed E-state index contributed by atoms with van der Waals surface area (Å²) in [6, 6.07) is 9.97. The van der Waals surface area contributed by atoms with E-state index in [0.717, 1.165) is 24.7 Å². The summed E-state index contributed by atoms with van der Waals surface area (Å²) >= 11 is 0. The molecule has 0 radical (unpaired) electrons. The summed E-state index contributed by atoms with van der Waals surface area (Å²) in [5.41, 5.74) is 1.12. The quantitative estimate of drug-likeness (QED) is 0.480. The molecule has 1 aromatic rings. The zero-order valence-corrected chi connectivity index (χ0v) is 10.6. The predicted molar refractivity (Wildman–Crippen MR) is 69.8 cm³/mol. The molecule has 0 amide bonds. The average molecular weight is 234 g/mol. The molecule has 1 atom stereocenters. The average Bonchev–Trinajstić information content (AvgIpc) is 2.39. The van der Waals surface area contributed by atoms with E-state index in [9.17, 15) is 4.79 Å². The van der Waals surface area contributed by atoms with Gasteiger partial charge in [0.15, 0.2) is 0 Å². The Bertz CT molecular complexity index is 295. The fraction of sp³-hybridized carbons (Fsp3) is 0.533. The number of ether oxygens (including phenoxy) is 1. The van der Waals surface area contributed by atoms with Crippen molar-refractivity contribution in [2.75, 3.05) is 0 Å². The highest BCUT2D eigenvalue weighted by Gasteiger charge is 2.07. The Hall–Kier alpha value is -1.15. The van der Waals surface area contributed by atoms with E-state index in [2.05, 4.69) is 6.92 Å². The van der Waals surface area contributed by atoms with Gasteiger partial charge in [-0.15, -0.1) is 0 Å². The Kier molecular flexibility index (Phi) is 7.32. The van der Waals surface area contributed by atoms with Gasteiger partial charge in [-0.1, -0.05) is 62.9 Å². The van der Waals surface area contributed by atoms with E-state index in [4.69, 9.17) is 4.74 Å². The largest absolute Gasteiger partial charge is 0.366 e. The number of carbonyl (C=O) groups is 1. The van der Waals surface area contributed by atoms with Gasteiger partial charge >= 0.3 is 0 Å². The molecule has 0 fully saturated rings. The molecular formula is C15H22O2. The standard InChI is InChI=1S/C15H22O2/c1-2-3-4-8-11-15(12-16)17-13-14-9-6-5-7-10-14/h5-7,9-10,12,15H,2-4,8,11,13H2,1H3/t15-/m0/s1. The lowest BCUT2D eigenvalue weighted by atomic mass is 10.1. The van der Waals surface area contributed by atoms with E-state index in [0.29, 0.717) is 6.61 Å². The molecule has 0 aliphatic heterocycles. The van der Waals surface area contributed by atoms with Gasteiger partial charge in [-0.2, -0.15) is 0 Å². The number of hydrogen-bond acceptors (Lipinski definition) is 2. The van der Waals surface area contributed by atoms with Crippen LogP contribution < -0.4 is 0 Å². The molecular weight excluding hydrogens is 212 g/mol. The molecule has 0 aliphatic rings. The zero-order valence-electron chi connectivity index (χ0n) is 10.6. The Labute approximate surface area is 104 Å². The molecule has 0 aromatic heterocycles. The van der Waals surface area contributed by atoms with E-state index >= 15 is 0 Å². The molecule has 1 aromatic carbocycles. The Morgan fingerprint density at radius 3 is 2.59 bits per heavy atom. The van der Waals surface area contributed by atoms with Crippen LogP contribution in [0.25, 0.3) is 0 Å². The minimum Gasteiger partial charge on any atom is -0.366 e. The van der Waals surface area contributed by atoms with E-state index in [-0.39, 0.29) is 6.10 Å². The third kappa shape index (κ3) is 6.22. The maximum atomic E-state index is 10.9. The minimum absolute atomic E-state index is 0.243. The first-order valence-corrected chi connectivity index (χ1v) is 6.47. The highest BCUT2D eigenvalue weighted by atomic mass is 16.5. The summed E-state index contributed by atoms with van der Waals surface area (Å²) in [5, 5.41) is 0. The Morgan fingerprint density at radius 1 is 1.18 bits per heavy atom. The van der Waals surface area contributed by atoms with Gasteiger partial charge in [0.1, 0.15) is 12.4 Å². The number of hydrogen-bond donors (Lipinski definition) is 0. The van der Waals surface area contributed by atoms with Crippen molar-refractivity contribution in [3.05, 3.63) is 35.9 Å². The molecule has 94 valence electrons. The molecule has 0 saturated heterocycles. The maximum Gasteiger partial charge on any atom is 0.148 e. The summed E-state index contributed by atoms with van der Waals surface area (Å²) < 4.78 is 5.59. The van der Waals surface area contributed by atoms with Gasteiger partial charge in [-0.25, -0.2) is 0 Å². The summed E-state index contributed by atoms with van der Waals surface area (Å²) in [4.78, 5) is 10.9. The van der Waals surface area contributed by atoms with Crippen molar-refractivity contribution >= 4 is 6.29 Å². The molecule has 0 heterocycles. The Balaban J connectivity index is 2.20. The second-order valence-corrected chi connectivity index (χ2v) is 4.32. The van der Waals surface area contributed by atoms with Gasteiger partial charge in [0.2, 0.25) is 0 Å². The zero-order chi connectivity index (χ0) is 12.3. The molecule has 2 nitrogen and oxygen atoms in total. The highest BCUT2D eigenvalue weighted by Crippen LogP contribution is 2.09. The van der Waals surface area contributed by atoms with E-state index in [1.807, 2.05) is 30.3 Å². The Morgan fingerprint density at radius 2 is 1.94 bits per heavy atom. The SMILES string of the molecule is CCCCCC[C@@H](C=O)OCc1ccccc1. The topological polar surface area (TPSA) is 26.3 Å². The maximum absolute atomic E-state index is 10.9. The monoisotopic (exact) mass is 234 g/mol. The van der Waals surface area contributed by atoms with Gasteiger partial charge in [0.25, 0.3) is 0 Å². The lowest BCUT2D eigenvalue weighted by molar-refractivity contribution is -0.119. The first-order chi connectivity index (χ1) is 8.36. The number of rotatable bonds is 9. The lowest BCUT2D eigenvalue weighted by Gasteiger charge is -2.11. The van der Waals surface area contributed by atoms with Crippen LogP contribution in [0.4, 0.5) is 0 Å². The minimum atomic E-state index is -0.243. The molecule has 2 heteroatoms. The van der Waals surface area contributed by atoms with Gasteiger partial charge in [0.05, 0.1) is 6.61 Å². The van der Waals surface area contributed by atoms with Gasteiger partial charge in [-0.05, 0) is 12.0 Å². The number of benzene rings is 1. The second kappa shape index (κ2) is 8.94. The fourth-order valence-electron chi connectivity index (χ4n) is 1.74. The predicted octanol–water partition coefficient (Wildman–Crippen LogP) is 3.74. The van der Waals surface area contributed by atoms with Gasteiger partial charge < -0.3 is 9.53 Å². The van der Waals surface area contributed by atoms with E-state index in [1.54, 1.807) is 0 Å². The van der Waals surface area contributed by atoms with Crippen LogP contribution in [0.2, 0.25) is 0 Å². The first kappa shape index (κ1) is 13.9. The van der Waals surface area contributed by atoms with Crippen molar-refractivity contribution in [1.29, 1.82) is 0 Å². The molecule has 0 N–H and O–H groups in total. The van der Waals surface area contributed by atoms with Crippen LogP contribution in [0, 0.1) is 0 Å². The van der Waals surface area contributed by atoms with E-state index < -0.39 is 0 Å². The van der Waals surface area contributed by atoms with Gasteiger partial charge in [-0.3, -0.25) is 0 Å². The van der Waals surface area contributed by atoms with E-state index in [1.165, 1.54) is 19.3 Å². The summed E-state index contributed by atoms with van der Waals surface area (Å²) in [5.74, 6) is 0. The van der Waals surface area contributed by atoms with Crippen LogP contribution in [0.15, 0.2) is 30.3 Å². The van der Waals surface area contributed by atoms with Crippen LogP contribution in [-0.4, -0.2) is 12.4 Å². The molecule has 0 saturated carbocycles. The number of carbonyl (C=O) groups excluding carboxylic acids is 1. The van der Waals surface area contributed by atoms with Crippen LogP contribution in [-0.2, 0) is 16.1 Å². The van der Waals surface area contributed by atoms with Crippen molar-refractivity contribution in [2.45, 2.75) is 51.7 Å². The van der Waals surface area contributed by atoms with Crippen molar-refractivity contribution in [2.24, 2.45) is 0 Å². The normalized spacial score (nSPS) is 12.3. The fourth-order valence-corrected chi connectivity index (χ4v) is 1.74. The molecule has 0 spiro atoms. The molecule has 0 unspecified atom stereocenters. The molecule has 1 rings (SSSR count). The van der Waals surface area contributed by atoms with Crippen LogP contribution >= 0.6 is 0 Å². The van der Waals surface area contributed by atoms with Crippen LogP contribution in [0.5, 0.6) is 0 Å². The van der Waals surface area contributed by atoms with Crippen molar-refractivity contribution < 1.29 is 9.53 Å². The van der Waals surface area contributed by atoms with Crippen molar-refractivity contribution in [3.8, 4) is 0 Å².